The van der Waals surface area contributed by atoms with E-state index in [1.54, 1.807) is 0 Å². The molecule has 0 aliphatic carbocycles. The first-order valence-corrected chi connectivity index (χ1v) is 7.35. The van der Waals surface area contributed by atoms with E-state index >= 15 is 0 Å². The Balaban J connectivity index is 2.11. The topological polar surface area (TPSA) is 26.3 Å². The van der Waals surface area contributed by atoms with E-state index < -0.39 is 0 Å². The van der Waals surface area contributed by atoms with Gasteiger partial charge in [-0.3, -0.25) is 4.79 Å². The van der Waals surface area contributed by atoms with Crippen LogP contribution in [0.15, 0.2) is 54.6 Å². The van der Waals surface area contributed by atoms with Crippen LogP contribution in [0.2, 0.25) is 0 Å². The smallest absolute Gasteiger partial charge is 0.328 e. The van der Waals surface area contributed by atoms with Gasteiger partial charge < -0.3 is 4.74 Å². The molecule has 0 aromatic heterocycles. The number of esters is 1. The fraction of sp³-hybridized carbons (Fsp3) is 0.188. The zero-order valence-corrected chi connectivity index (χ0v) is 11.8. The lowest BCUT2D eigenvalue weighted by Crippen LogP contribution is -2.16. The molecule has 0 saturated heterocycles. The van der Waals surface area contributed by atoms with Crippen LogP contribution in [0.5, 0.6) is 5.75 Å². The van der Waals surface area contributed by atoms with Crippen molar-refractivity contribution < 1.29 is 9.53 Å². The molecule has 1 unspecified atom stereocenters. The highest BCUT2D eigenvalue weighted by Crippen LogP contribution is 2.28. The molecule has 0 saturated carbocycles. The number of carbonyl (C=O) groups is 1. The van der Waals surface area contributed by atoms with Crippen molar-refractivity contribution in [3.05, 3.63) is 65.7 Å². The number of hydrogen-bond acceptors (Lipinski definition) is 3. The quantitative estimate of drug-likeness (QED) is 0.621. The molecular weight excluding hydrogens is 256 g/mol. The highest BCUT2D eigenvalue weighted by Gasteiger charge is 2.21. The summed E-state index contributed by atoms with van der Waals surface area (Å²) in [5.74, 6) is 0.355. The third-order valence-corrected chi connectivity index (χ3v) is 3.73. The normalized spacial score (nSPS) is 11.9. The van der Waals surface area contributed by atoms with Crippen molar-refractivity contribution >= 4 is 17.7 Å². The van der Waals surface area contributed by atoms with Gasteiger partial charge in [-0.05, 0) is 30.9 Å². The van der Waals surface area contributed by atoms with Crippen LogP contribution in [0.25, 0.3) is 0 Å². The first-order chi connectivity index (χ1) is 9.20. The van der Waals surface area contributed by atoms with Gasteiger partial charge in [0, 0.05) is 0 Å². The maximum atomic E-state index is 12.2. The molecule has 2 aromatic carbocycles. The molecule has 0 heterocycles. The van der Waals surface area contributed by atoms with Crippen molar-refractivity contribution in [3.63, 3.8) is 0 Å². The van der Waals surface area contributed by atoms with Crippen LogP contribution in [0.1, 0.15) is 16.4 Å². The first kappa shape index (κ1) is 13.7. The third-order valence-electron chi connectivity index (χ3n) is 2.79. The lowest BCUT2D eigenvalue weighted by atomic mass is 10.1. The summed E-state index contributed by atoms with van der Waals surface area (Å²) in [4.78, 5) is 12.2. The van der Waals surface area contributed by atoms with E-state index in [4.69, 9.17) is 4.74 Å². The summed E-state index contributed by atoms with van der Waals surface area (Å²) in [6, 6.07) is 17.2. The number of benzene rings is 2. The minimum Gasteiger partial charge on any atom is -0.425 e. The molecule has 19 heavy (non-hydrogen) atoms. The van der Waals surface area contributed by atoms with Crippen molar-refractivity contribution in [2.45, 2.75) is 12.2 Å². The van der Waals surface area contributed by atoms with Gasteiger partial charge in [0.25, 0.3) is 0 Å². The van der Waals surface area contributed by atoms with Gasteiger partial charge in [0.15, 0.2) is 0 Å². The highest BCUT2D eigenvalue weighted by atomic mass is 32.2. The highest BCUT2D eigenvalue weighted by molar-refractivity contribution is 7.99. The molecule has 3 heteroatoms. The Morgan fingerprint density at radius 2 is 1.68 bits per heavy atom. The van der Waals surface area contributed by atoms with Crippen molar-refractivity contribution in [3.8, 4) is 5.75 Å². The van der Waals surface area contributed by atoms with Crippen LogP contribution >= 0.6 is 11.8 Å². The van der Waals surface area contributed by atoms with Gasteiger partial charge >= 0.3 is 5.97 Å². The predicted octanol–water partition coefficient (Wildman–Crippen LogP) is 4.00. The molecule has 0 radical (unpaired) electrons. The van der Waals surface area contributed by atoms with Crippen molar-refractivity contribution in [2.24, 2.45) is 0 Å². The molecule has 0 fully saturated rings. The Bertz CT molecular complexity index is 534. The maximum absolute atomic E-state index is 12.2. The number of rotatable bonds is 4. The van der Waals surface area contributed by atoms with E-state index in [0.29, 0.717) is 5.75 Å². The number of hydrogen-bond donors (Lipinski definition) is 0. The summed E-state index contributed by atoms with van der Waals surface area (Å²) < 4.78 is 5.42. The molecule has 0 aliphatic heterocycles. The van der Waals surface area contributed by atoms with Crippen molar-refractivity contribution in [1.29, 1.82) is 0 Å². The van der Waals surface area contributed by atoms with E-state index in [2.05, 4.69) is 0 Å². The molecule has 2 nitrogen and oxygen atoms in total. The van der Waals surface area contributed by atoms with Crippen molar-refractivity contribution in [2.75, 3.05) is 6.26 Å². The zero-order chi connectivity index (χ0) is 13.7. The van der Waals surface area contributed by atoms with Crippen LogP contribution in [-0.2, 0) is 4.79 Å². The number of carbonyl (C=O) groups excluding carboxylic acids is 1. The monoisotopic (exact) mass is 272 g/mol. The molecular formula is C16H16O2S. The fourth-order valence-corrected chi connectivity index (χ4v) is 2.44. The van der Waals surface area contributed by atoms with E-state index in [0.717, 1.165) is 11.1 Å². The van der Waals surface area contributed by atoms with Gasteiger partial charge in [0.05, 0.1) is 0 Å². The Kier molecular flexibility index (Phi) is 4.63. The van der Waals surface area contributed by atoms with E-state index in [1.165, 1.54) is 11.8 Å². The van der Waals surface area contributed by atoms with E-state index in [9.17, 15) is 4.79 Å². The molecule has 0 N–H and O–H groups in total. The Hall–Kier alpha value is -1.74. The van der Waals surface area contributed by atoms with Gasteiger partial charge in [-0.25, -0.2) is 0 Å². The van der Waals surface area contributed by atoms with E-state index in [-0.39, 0.29) is 11.2 Å². The Morgan fingerprint density at radius 3 is 2.26 bits per heavy atom. The SMILES string of the molecule is CSC(C(=O)Oc1ccc(C)cc1)c1ccccc1. The van der Waals surface area contributed by atoms with Crippen LogP contribution in [0.3, 0.4) is 0 Å². The molecule has 0 amide bonds. The maximum Gasteiger partial charge on any atom is 0.328 e. The van der Waals surface area contributed by atoms with Gasteiger partial charge in [0.1, 0.15) is 11.0 Å². The first-order valence-electron chi connectivity index (χ1n) is 6.07. The molecule has 0 bridgehead atoms. The third kappa shape index (κ3) is 3.61. The second-order valence-electron chi connectivity index (χ2n) is 4.26. The van der Waals surface area contributed by atoms with Gasteiger partial charge in [-0.15, -0.1) is 11.8 Å². The van der Waals surface area contributed by atoms with Crippen LogP contribution in [0, 0.1) is 6.92 Å². The number of ether oxygens (including phenoxy) is 1. The Labute approximate surface area is 117 Å². The van der Waals surface area contributed by atoms with E-state index in [1.807, 2.05) is 67.8 Å². The second-order valence-corrected chi connectivity index (χ2v) is 5.20. The minimum absolute atomic E-state index is 0.234. The average Bonchev–Trinajstić information content (AvgIpc) is 2.43. The summed E-state index contributed by atoms with van der Waals surface area (Å²) >= 11 is 1.48. The Morgan fingerprint density at radius 1 is 1.05 bits per heavy atom. The summed E-state index contributed by atoms with van der Waals surface area (Å²) in [7, 11) is 0. The lowest BCUT2D eigenvalue weighted by molar-refractivity contribution is -0.133. The average molecular weight is 272 g/mol. The molecule has 0 aliphatic rings. The molecule has 98 valence electrons. The molecule has 1 atom stereocenters. The van der Waals surface area contributed by atoms with Crippen LogP contribution in [-0.4, -0.2) is 12.2 Å². The summed E-state index contributed by atoms with van der Waals surface area (Å²) in [5, 5.41) is -0.289. The number of thioether (sulfide) groups is 1. The fourth-order valence-electron chi connectivity index (χ4n) is 1.77. The van der Waals surface area contributed by atoms with Crippen LogP contribution < -0.4 is 4.74 Å². The largest absolute Gasteiger partial charge is 0.425 e. The predicted molar refractivity (Wildman–Crippen MR) is 79.5 cm³/mol. The van der Waals surface area contributed by atoms with Gasteiger partial charge in [0.2, 0.25) is 0 Å². The lowest BCUT2D eigenvalue weighted by Gasteiger charge is -2.13. The molecule has 0 spiro atoms. The molecule has 2 aromatic rings. The van der Waals surface area contributed by atoms with Gasteiger partial charge in [-0.2, -0.15) is 0 Å². The second kappa shape index (κ2) is 6.43. The standard InChI is InChI=1S/C16H16O2S/c1-12-8-10-14(11-9-12)18-16(17)15(19-2)13-6-4-3-5-7-13/h3-11,15H,1-2H3. The summed E-state index contributed by atoms with van der Waals surface area (Å²) in [6.07, 6.45) is 1.91. The minimum atomic E-state index is -0.289. The van der Waals surface area contributed by atoms with Gasteiger partial charge in [-0.1, -0.05) is 48.0 Å². The molecule has 2 rings (SSSR count). The number of aryl methyl sites for hydroxylation is 1. The van der Waals surface area contributed by atoms with Crippen LogP contribution in [0.4, 0.5) is 0 Å². The summed E-state index contributed by atoms with van der Waals surface area (Å²) in [5.41, 5.74) is 2.11. The summed E-state index contributed by atoms with van der Waals surface area (Å²) in [6.45, 7) is 2.00. The van der Waals surface area contributed by atoms with Crippen molar-refractivity contribution in [1.82, 2.24) is 0 Å². The zero-order valence-electron chi connectivity index (χ0n) is 11.0.